The molecule has 1 saturated heterocycles. The Hall–Kier alpha value is -1.06. The molecule has 0 radical (unpaired) electrons. The molecule has 0 atom stereocenters. The van der Waals surface area contributed by atoms with Crippen LogP contribution in [-0.4, -0.2) is 36.5 Å². The second-order valence-corrected chi connectivity index (χ2v) is 4.98. The maximum absolute atomic E-state index is 12.0. The largest absolute Gasteiger partial charge is 0.466 e. The van der Waals surface area contributed by atoms with Crippen molar-refractivity contribution in [2.45, 2.75) is 39.0 Å². The van der Waals surface area contributed by atoms with Crippen molar-refractivity contribution in [2.75, 3.05) is 19.7 Å². The first kappa shape index (κ1) is 12.4. The Kier molecular flexibility index (Phi) is 4.02. The highest BCUT2D eigenvalue weighted by molar-refractivity contribution is 5.80. The number of amides is 1. The van der Waals surface area contributed by atoms with E-state index in [1.807, 2.05) is 11.8 Å². The summed E-state index contributed by atoms with van der Waals surface area (Å²) in [5.74, 6) is 0.483. The molecular weight excluding hydrogens is 218 g/mol. The van der Waals surface area contributed by atoms with E-state index in [4.69, 9.17) is 4.74 Å². The van der Waals surface area contributed by atoms with E-state index in [1.165, 1.54) is 6.42 Å². The normalized spacial score (nSPS) is 22.1. The van der Waals surface area contributed by atoms with Crippen LogP contribution in [0.15, 0.2) is 0 Å². The highest BCUT2D eigenvalue weighted by atomic mass is 16.5. The van der Waals surface area contributed by atoms with Gasteiger partial charge in [-0.3, -0.25) is 9.59 Å². The Morgan fingerprint density at radius 2 is 1.76 bits per heavy atom. The lowest BCUT2D eigenvalue weighted by molar-refractivity contribution is -0.152. The van der Waals surface area contributed by atoms with Crippen molar-refractivity contribution in [3.63, 3.8) is 0 Å². The van der Waals surface area contributed by atoms with E-state index in [2.05, 4.69) is 0 Å². The first-order valence-corrected chi connectivity index (χ1v) is 6.67. The van der Waals surface area contributed by atoms with E-state index in [-0.39, 0.29) is 17.8 Å². The van der Waals surface area contributed by atoms with Gasteiger partial charge < -0.3 is 9.64 Å². The standard InChI is InChI=1S/C13H21NO3/c1-2-17-13(16)11-6-8-14(9-7-11)12(15)10-4-3-5-10/h10-11H,2-9H2,1H3. The smallest absolute Gasteiger partial charge is 0.309 e. The van der Waals surface area contributed by atoms with E-state index in [1.54, 1.807) is 0 Å². The Bertz CT molecular complexity index is 291. The molecular formula is C13H21NO3. The summed E-state index contributed by atoms with van der Waals surface area (Å²) < 4.78 is 5.01. The molecule has 1 saturated carbocycles. The zero-order valence-electron chi connectivity index (χ0n) is 10.5. The molecule has 0 unspecified atom stereocenters. The van der Waals surface area contributed by atoms with Gasteiger partial charge in [0.25, 0.3) is 0 Å². The van der Waals surface area contributed by atoms with Crippen LogP contribution < -0.4 is 0 Å². The summed E-state index contributed by atoms with van der Waals surface area (Å²) in [5, 5.41) is 0. The summed E-state index contributed by atoms with van der Waals surface area (Å²) in [7, 11) is 0. The van der Waals surface area contributed by atoms with Gasteiger partial charge >= 0.3 is 5.97 Å². The zero-order chi connectivity index (χ0) is 12.3. The molecule has 1 aliphatic heterocycles. The first-order chi connectivity index (χ1) is 8.22. The number of carbonyl (C=O) groups is 2. The SMILES string of the molecule is CCOC(=O)C1CCN(C(=O)C2CCC2)CC1. The minimum atomic E-state index is -0.0942. The third kappa shape index (κ3) is 2.79. The first-order valence-electron chi connectivity index (χ1n) is 6.67. The summed E-state index contributed by atoms with van der Waals surface area (Å²) >= 11 is 0. The van der Waals surface area contributed by atoms with Gasteiger partial charge in [-0.1, -0.05) is 6.42 Å². The minimum Gasteiger partial charge on any atom is -0.466 e. The lowest BCUT2D eigenvalue weighted by Gasteiger charge is -2.35. The van der Waals surface area contributed by atoms with Gasteiger partial charge in [-0.15, -0.1) is 0 Å². The van der Waals surface area contributed by atoms with Crippen LogP contribution in [-0.2, 0) is 14.3 Å². The average molecular weight is 239 g/mol. The van der Waals surface area contributed by atoms with E-state index in [9.17, 15) is 9.59 Å². The molecule has 0 N–H and O–H groups in total. The summed E-state index contributed by atoms with van der Waals surface area (Å²) in [5.41, 5.74) is 0. The molecule has 0 spiro atoms. The molecule has 4 nitrogen and oxygen atoms in total. The van der Waals surface area contributed by atoms with Crippen molar-refractivity contribution in [3.8, 4) is 0 Å². The Labute approximate surface area is 102 Å². The third-order valence-corrected chi connectivity index (χ3v) is 3.88. The predicted molar refractivity (Wildman–Crippen MR) is 63.3 cm³/mol. The van der Waals surface area contributed by atoms with E-state index in [0.29, 0.717) is 12.5 Å². The summed E-state index contributed by atoms with van der Waals surface area (Å²) in [6.07, 6.45) is 4.82. The molecule has 17 heavy (non-hydrogen) atoms. The number of piperidine rings is 1. The van der Waals surface area contributed by atoms with E-state index < -0.39 is 0 Å². The average Bonchev–Trinajstić information content (AvgIpc) is 2.27. The fraction of sp³-hybridized carbons (Fsp3) is 0.846. The maximum atomic E-state index is 12.0. The quantitative estimate of drug-likeness (QED) is 0.703. The number of hydrogen-bond acceptors (Lipinski definition) is 3. The van der Waals surface area contributed by atoms with Crippen LogP contribution >= 0.6 is 0 Å². The van der Waals surface area contributed by atoms with Gasteiger partial charge in [0, 0.05) is 19.0 Å². The van der Waals surface area contributed by atoms with Crippen LogP contribution in [0.5, 0.6) is 0 Å². The van der Waals surface area contributed by atoms with Crippen LogP contribution in [0.3, 0.4) is 0 Å². The van der Waals surface area contributed by atoms with Gasteiger partial charge in [0.2, 0.25) is 5.91 Å². The molecule has 96 valence electrons. The highest BCUT2D eigenvalue weighted by Crippen LogP contribution is 2.30. The van der Waals surface area contributed by atoms with Gasteiger partial charge in [0.15, 0.2) is 0 Å². The van der Waals surface area contributed by atoms with Crippen molar-refractivity contribution >= 4 is 11.9 Å². The monoisotopic (exact) mass is 239 g/mol. The van der Waals surface area contributed by atoms with Gasteiger partial charge in [-0.05, 0) is 32.6 Å². The van der Waals surface area contributed by atoms with Crippen LogP contribution in [0.4, 0.5) is 0 Å². The van der Waals surface area contributed by atoms with Crippen LogP contribution in [0.1, 0.15) is 39.0 Å². The molecule has 1 heterocycles. The lowest BCUT2D eigenvalue weighted by Crippen LogP contribution is -2.44. The van der Waals surface area contributed by atoms with Gasteiger partial charge in [0.1, 0.15) is 0 Å². The van der Waals surface area contributed by atoms with E-state index in [0.717, 1.165) is 38.8 Å². The highest BCUT2D eigenvalue weighted by Gasteiger charge is 2.33. The molecule has 0 aromatic carbocycles. The van der Waals surface area contributed by atoms with Crippen molar-refractivity contribution < 1.29 is 14.3 Å². The fourth-order valence-electron chi connectivity index (χ4n) is 2.51. The summed E-state index contributed by atoms with van der Waals surface area (Å²) in [6.45, 7) is 3.71. The fourth-order valence-corrected chi connectivity index (χ4v) is 2.51. The predicted octanol–water partition coefficient (Wildman–Crippen LogP) is 1.59. The zero-order valence-corrected chi connectivity index (χ0v) is 10.5. The van der Waals surface area contributed by atoms with E-state index >= 15 is 0 Å². The number of esters is 1. The molecule has 4 heteroatoms. The number of carbonyl (C=O) groups excluding carboxylic acids is 2. The second-order valence-electron chi connectivity index (χ2n) is 4.98. The lowest BCUT2D eigenvalue weighted by atomic mass is 9.83. The van der Waals surface area contributed by atoms with Crippen molar-refractivity contribution in [3.05, 3.63) is 0 Å². The second kappa shape index (κ2) is 5.52. The van der Waals surface area contributed by atoms with Crippen LogP contribution in [0.25, 0.3) is 0 Å². The Balaban J connectivity index is 1.77. The number of rotatable bonds is 3. The van der Waals surface area contributed by atoms with Gasteiger partial charge in [-0.2, -0.15) is 0 Å². The molecule has 2 aliphatic rings. The molecule has 1 amide bonds. The topological polar surface area (TPSA) is 46.6 Å². The Morgan fingerprint density at radius 1 is 1.12 bits per heavy atom. The molecule has 0 aromatic heterocycles. The van der Waals surface area contributed by atoms with Crippen molar-refractivity contribution in [2.24, 2.45) is 11.8 Å². The number of hydrogen-bond donors (Lipinski definition) is 0. The number of likely N-dealkylation sites (tertiary alicyclic amines) is 1. The van der Waals surface area contributed by atoms with Crippen LogP contribution in [0.2, 0.25) is 0 Å². The van der Waals surface area contributed by atoms with Gasteiger partial charge in [0.05, 0.1) is 12.5 Å². The number of ether oxygens (including phenoxy) is 1. The third-order valence-electron chi connectivity index (χ3n) is 3.88. The molecule has 0 bridgehead atoms. The maximum Gasteiger partial charge on any atom is 0.309 e. The molecule has 2 fully saturated rings. The van der Waals surface area contributed by atoms with Crippen molar-refractivity contribution in [1.82, 2.24) is 4.90 Å². The minimum absolute atomic E-state index is 0.000362. The number of nitrogens with zero attached hydrogens (tertiary/aromatic N) is 1. The van der Waals surface area contributed by atoms with Gasteiger partial charge in [-0.25, -0.2) is 0 Å². The summed E-state index contributed by atoms with van der Waals surface area (Å²) in [4.78, 5) is 25.5. The Morgan fingerprint density at radius 3 is 2.24 bits per heavy atom. The molecule has 2 rings (SSSR count). The van der Waals surface area contributed by atoms with Crippen LogP contribution in [0, 0.1) is 11.8 Å². The molecule has 1 aliphatic carbocycles. The van der Waals surface area contributed by atoms with Crippen molar-refractivity contribution in [1.29, 1.82) is 0 Å². The summed E-state index contributed by atoms with van der Waals surface area (Å²) in [6, 6.07) is 0. The molecule has 0 aromatic rings.